The molecule has 3 rings (SSSR count). The van der Waals surface area contributed by atoms with Crippen LogP contribution in [-0.2, 0) is 11.2 Å². The van der Waals surface area contributed by atoms with Crippen LogP contribution >= 0.6 is 11.6 Å². The van der Waals surface area contributed by atoms with Gasteiger partial charge in [-0.15, -0.1) is 0 Å². The van der Waals surface area contributed by atoms with E-state index in [0.29, 0.717) is 17.3 Å². The number of carbonyl (C=O) groups is 2. The second-order valence-electron chi connectivity index (χ2n) is 5.35. The summed E-state index contributed by atoms with van der Waals surface area (Å²) in [6.45, 7) is 0.692. The van der Waals surface area contributed by atoms with Gasteiger partial charge in [-0.1, -0.05) is 17.7 Å². The summed E-state index contributed by atoms with van der Waals surface area (Å²) in [7, 11) is 0. The van der Waals surface area contributed by atoms with Crippen LogP contribution in [0, 0.1) is 0 Å². The van der Waals surface area contributed by atoms with Gasteiger partial charge in [-0.25, -0.2) is 0 Å². The number of nitrogens with two attached hydrogens (primary N) is 1. The Morgan fingerprint density at radius 1 is 1.21 bits per heavy atom. The third-order valence-corrected chi connectivity index (χ3v) is 3.98. The van der Waals surface area contributed by atoms with Crippen molar-refractivity contribution >= 4 is 35.2 Å². The number of hydrogen-bond acceptors (Lipinski definition) is 3. The normalized spacial score (nSPS) is 12.7. The Labute approximate surface area is 144 Å². The number of halogens is 1. The molecule has 0 atom stereocenters. The monoisotopic (exact) mass is 342 g/mol. The first-order valence-corrected chi connectivity index (χ1v) is 7.75. The number of fused-ring (bicyclic) bond motifs is 1. The van der Waals surface area contributed by atoms with Crippen LogP contribution < -0.4 is 15.8 Å². The average Bonchev–Trinajstić information content (AvgIpc) is 3.02. The van der Waals surface area contributed by atoms with E-state index in [-0.39, 0.29) is 11.5 Å². The molecule has 2 amide bonds. The Bertz CT molecular complexity index is 846. The van der Waals surface area contributed by atoms with E-state index >= 15 is 0 Å². The topological polar surface area (TPSA) is 81.4 Å². The van der Waals surface area contributed by atoms with E-state index in [1.807, 2.05) is 18.2 Å². The highest BCUT2D eigenvalue weighted by Crippen LogP contribution is 2.26. The summed E-state index contributed by atoms with van der Waals surface area (Å²) in [5.74, 6) is -0.0417. The van der Waals surface area contributed by atoms with Gasteiger partial charge in [-0.2, -0.15) is 0 Å². The van der Waals surface area contributed by atoms with Crippen molar-refractivity contribution in [3.05, 3.63) is 64.2 Å². The van der Waals surface area contributed by atoms with Crippen LogP contribution in [0.2, 0.25) is 5.02 Å². The van der Waals surface area contributed by atoms with E-state index in [4.69, 9.17) is 22.1 Å². The second kappa shape index (κ2) is 6.76. The molecule has 2 aromatic rings. The average molecular weight is 343 g/mol. The molecule has 1 heterocycles. The molecule has 122 valence electrons. The molecule has 0 aliphatic carbocycles. The van der Waals surface area contributed by atoms with Crippen molar-refractivity contribution in [1.82, 2.24) is 0 Å². The molecule has 0 saturated carbocycles. The molecule has 24 heavy (non-hydrogen) atoms. The van der Waals surface area contributed by atoms with Crippen molar-refractivity contribution in [2.75, 3.05) is 11.9 Å². The predicted molar refractivity (Wildman–Crippen MR) is 93.3 cm³/mol. The third kappa shape index (κ3) is 3.58. The number of ether oxygens (including phenoxy) is 1. The van der Waals surface area contributed by atoms with Crippen molar-refractivity contribution in [2.24, 2.45) is 5.73 Å². The molecule has 0 radical (unpaired) electrons. The van der Waals surface area contributed by atoms with Crippen molar-refractivity contribution in [3.63, 3.8) is 0 Å². The fourth-order valence-corrected chi connectivity index (χ4v) is 2.60. The van der Waals surface area contributed by atoms with Gasteiger partial charge >= 0.3 is 0 Å². The predicted octanol–water partition coefficient (Wildman–Crippen LogP) is 3.03. The van der Waals surface area contributed by atoms with Crippen LogP contribution in [0.15, 0.2) is 42.5 Å². The molecular formula is C18H15ClN2O3. The van der Waals surface area contributed by atoms with Crippen LogP contribution in [0.1, 0.15) is 21.5 Å². The number of amides is 2. The lowest BCUT2D eigenvalue weighted by Gasteiger charge is -2.06. The zero-order chi connectivity index (χ0) is 17.1. The molecule has 0 unspecified atom stereocenters. The number of hydrogen-bond donors (Lipinski definition) is 2. The molecule has 5 nitrogen and oxygen atoms in total. The Kier molecular flexibility index (Phi) is 4.53. The number of anilines is 1. The van der Waals surface area contributed by atoms with Crippen LogP contribution in [-0.4, -0.2) is 18.4 Å². The smallest absolute Gasteiger partial charge is 0.248 e. The Morgan fingerprint density at radius 2 is 2.04 bits per heavy atom. The molecule has 3 N–H and O–H groups in total. The van der Waals surface area contributed by atoms with Gasteiger partial charge < -0.3 is 15.8 Å². The molecule has 0 aromatic heterocycles. The molecule has 2 aromatic carbocycles. The maximum absolute atomic E-state index is 12.1. The molecule has 1 aliphatic rings. The highest BCUT2D eigenvalue weighted by atomic mass is 35.5. The maximum Gasteiger partial charge on any atom is 0.248 e. The fourth-order valence-electron chi connectivity index (χ4n) is 2.43. The molecule has 0 spiro atoms. The number of nitrogens with one attached hydrogen (secondary N) is 1. The molecule has 0 bridgehead atoms. The Balaban J connectivity index is 1.71. The fraction of sp³-hybridized carbons (Fsp3) is 0.111. The summed E-state index contributed by atoms with van der Waals surface area (Å²) in [6.07, 6.45) is 3.99. The van der Waals surface area contributed by atoms with Crippen LogP contribution in [0.4, 0.5) is 5.69 Å². The minimum absolute atomic E-state index is 0.275. The Morgan fingerprint density at radius 3 is 2.83 bits per heavy atom. The summed E-state index contributed by atoms with van der Waals surface area (Å²) in [5.41, 5.74) is 7.88. The summed E-state index contributed by atoms with van der Waals surface area (Å²) in [6, 6.07) is 10.2. The van der Waals surface area contributed by atoms with Crippen LogP contribution in [0.25, 0.3) is 6.08 Å². The standard InChI is InChI=1S/C18H15ClN2O3/c19-14-4-3-13(18(20)23)10-15(14)21-17(22)6-2-11-1-5-16-12(9-11)7-8-24-16/h1-6,9-10H,7-8H2,(H2,20,23)(H,21,22)/b6-2+. The zero-order valence-electron chi connectivity index (χ0n) is 12.7. The summed E-state index contributed by atoms with van der Waals surface area (Å²) in [5, 5.41) is 2.97. The third-order valence-electron chi connectivity index (χ3n) is 3.65. The summed E-state index contributed by atoms with van der Waals surface area (Å²) >= 11 is 6.02. The highest BCUT2D eigenvalue weighted by molar-refractivity contribution is 6.34. The van der Waals surface area contributed by atoms with Crippen molar-refractivity contribution in [2.45, 2.75) is 6.42 Å². The van der Waals surface area contributed by atoms with Gasteiger partial charge in [0.2, 0.25) is 11.8 Å². The van der Waals surface area contributed by atoms with Gasteiger partial charge in [0.1, 0.15) is 5.75 Å². The first-order chi connectivity index (χ1) is 11.5. The first kappa shape index (κ1) is 16.1. The van der Waals surface area contributed by atoms with E-state index in [9.17, 15) is 9.59 Å². The van der Waals surface area contributed by atoms with Gasteiger partial charge in [0.15, 0.2) is 0 Å². The first-order valence-electron chi connectivity index (χ1n) is 7.37. The van der Waals surface area contributed by atoms with Crippen molar-refractivity contribution in [3.8, 4) is 5.75 Å². The minimum atomic E-state index is -0.585. The van der Waals surface area contributed by atoms with Crippen molar-refractivity contribution in [1.29, 1.82) is 0 Å². The number of benzene rings is 2. The molecule has 0 fully saturated rings. The molecule has 0 saturated heterocycles. The van der Waals surface area contributed by atoms with E-state index in [2.05, 4.69) is 5.32 Å². The highest BCUT2D eigenvalue weighted by Gasteiger charge is 2.11. The van der Waals surface area contributed by atoms with Gasteiger partial charge in [0.25, 0.3) is 0 Å². The van der Waals surface area contributed by atoms with E-state index in [0.717, 1.165) is 23.3 Å². The number of carbonyl (C=O) groups excluding carboxylic acids is 2. The lowest BCUT2D eigenvalue weighted by molar-refractivity contribution is -0.111. The Hall–Kier alpha value is -2.79. The van der Waals surface area contributed by atoms with Crippen LogP contribution in [0.5, 0.6) is 5.75 Å². The summed E-state index contributed by atoms with van der Waals surface area (Å²) < 4.78 is 5.45. The van der Waals surface area contributed by atoms with E-state index < -0.39 is 5.91 Å². The SMILES string of the molecule is NC(=O)c1ccc(Cl)c(NC(=O)/C=C/c2ccc3c(c2)CCO3)c1. The minimum Gasteiger partial charge on any atom is -0.493 e. The number of primary amides is 1. The van der Waals surface area contributed by atoms with Crippen molar-refractivity contribution < 1.29 is 14.3 Å². The second-order valence-corrected chi connectivity index (χ2v) is 5.75. The molecule has 6 heteroatoms. The van der Waals surface area contributed by atoms with Gasteiger partial charge in [0.05, 0.1) is 17.3 Å². The molecule has 1 aliphatic heterocycles. The van der Waals surface area contributed by atoms with Gasteiger partial charge in [-0.3, -0.25) is 9.59 Å². The summed E-state index contributed by atoms with van der Waals surface area (Å²) in [4.78, 5) is 23.3. The number of rotatable bonds is 4. The van der Waals surface area contributed by atoms with Gasteiger partial charge in [-0.05, 0) is 47.5 Å². The van der Waals surface area contributed by atoms with Gasteiger partial charge in [0, 0.05) is 18.1 Å². The van der Waals surface area contributed by atoms with E-state index in [1.54, 1.807) is 6.08 Å². The zero-order valence-corrected chi connectivity index (χ0v) is 13.5. The largest absolute Gasteiger partial charge is 0.493 e. The molecular weight excluding hydrogens is 328 g/mol. The lowest BCUT2D eigenvalue weighted by Crippen LogP contribution is -2.13. The maximum atomic E-state index is 12.1. The van der Waals surface area contributed by atoms with E-state index in [1.165, 1.54) is 24.3 Å². The lowest BCUT2D eigenvalue weighted by atomic mass is 10.1. The van der Waals surface area contributed by atoms with Crippen LogP contribution in [0.3, 0.4) is 0 Å². The quantitative estimate of drug-likeness (QED) is 0.838.